The molecule has 1 heterocycles. The maximum Gasteiger partial charge on any atom is 0.237 e. The minimum absolute atomic E-state index is 0.0458. The van der Waals surface area contributed by atoms with Gasteiger partial charge in [0.15, 0.2) is 0 Å². The molecule has 130 valence electrons. The van der Waals surface area contributed by atoms with Crippen molar-refractivity contribution < 1.29 is 4.79 Å². The molecule has 1 aliphatic rings. The van der Waals surface area contributed by atoms with Crippen LogP contribution >= 0.6 is 0 Å². The van der Waals surface area contributed by atoms with E-state index >= 15 is 0 Å². The summed E-state index contributed by atoms with van der Waals surface area (Å²) in [5, 5.41) is 10.3. The summed E-state index contributed by atoms with van der Waals surface area (Å²) in [4.78, 5) is 14.6. The van der Waals surface area contributed by atoms with Crippen LogP contribution in [-0.2, 0) is 11.2 Å². The summed E-state index contributed by atoms with van der Waals surface area (Å²) in [6.07, 6.45) is 8.31. The molecule has 1 unspecified atom stereocenters. The Hall–Kier alpha value is -1.36. The second-order valence-corrected chi connectivity index (χ2v) is 6.94. The number of carbonyl (C=O) groups is 1. The molecular weight excluding hydrogens is 288 g/mol. The third kappa shape index (κ3) is 4.80. The van der Waals surface area contributed by atoms with Gasteiger partial charge in [-0.1, -0.05) is 19.3 Å². The van der Waals surface area contributed by atoms with Gasteiger partial charge in [-0.25, -0.2) is 0 Å². The predicted molar refractivity (Wildman–Crippen MR) is 93.5 cm³/mol. The van der Waals surface area contributed by atoms with Gasteiger partial charge in [0.05, 0.1) is 11.7 Å². The molecule has 5 heteroatoms. The first-order valence-corrected chi connectivity index (χ1v) is 9.00. The average molecular weight is 320 g/mol. The molecule has 1 aromatic rings. The molecule has 1 saturated carbocycles. The maximum absolute atomic E-state index is 12.4. The van der Waals surface area contributed by atoms with E-state index in [4.69, 9.17) is 0 Å². The van der Waals surface area contributed by atoms with Crippen LogP contribution in [0, 0.1) is 13.8 Å². The lowest BCUT2D eigenvalue weighted by Crippen LogP contribution is -2.48. The number of aromatic nitrogens is 2. The highest BCUT2D eigenvalue weighted by molar-refractivity contribution is 5.81. The van der Waals surface area contributed by atoms with Gasteiger partial charge < -0.3 is 5.32 Å². The lowest BCUT2D eigenvalue weighted by molar-refractivity contribution is -0.126. The SMILES string of the molecule is Cc1n[nH]c(C)c1CCCNC(=O)C(C)N(C)C1CCCCC1. The number of nitrogens with one attached hydrogen (secondary N) is 2. The molecule has 0 aliphatic heterocycles. The minimum atomic E-state index is -0.0458. The fourth-order valence-electron chi connectivity index (χ4n) is 3.56. The first-order chi connectivity index (χ1) is 11.0. The van der Waals surface area contributed by atoms with Gasteiger partial charge in [0.1, 0.15) is 0 Å². The molecule has 1 fully saturated rings. The van der Waals surface area contributed by atoms with Crippen molar-refractivity contribution in [2.75, 3.05) is 13.6 Å². The summed E-state index contributed by atoms with van der Waals surface area (Å²) in [5.74, 6) is 0.152. The molecule has 0 aromatic carbocycles. The third-order valence-electron chi connectivity index (χ3n) is 5.32. The van der Waals surface area contributed by atoms with E-state index in [1.54, 1.807) is 0 Å². The largest absolute Gasteiger partial charge is 0.355 e. The van der Waals surface area contributed by atoms with E-state index < -0.39 is 0 Å². The van der Waals surface area contributed by atoms with Crippen LogP contribution in [0.5, 0.6) is 0 Å². The number of nitrogens with zero attached hydrogens (tertiary/aromatic N) is 2. The number of hydrogen-bond acceptors (Lipinski definition) is 3. The van der Waals surface area contributed by atoms with E-state index in [0.717, 1.165) is 30.8 Å². The van der Waals surface area contributed by atoms with Crippen LogP contribution < -0.4 is 5.32 Å². The number of likely N-dealkylation sites (N-methyl/N-ethyl adjacent to an activating group) is 1. The summed E-state index contributed by atoms with van der Waals surface area (Å²) >= 11 is 0. The highest BCUT2D eigenvalue weighted by Crippen LogP contribution is 2.22. The van der Waals surface area contributed by atoms with Crippen molar-refractivity contribution in [1.82, 2.24) is 20.4 Å². The number of H-pyrrole nitrogens is 1. The molecule has 5 nitrogen and oxygen atoms in total. The van der Waals surface area contributed by atoms with Crippen LogP contribution in [0.1, 0.15) is 62.4 Å². The average Bonchev–Trinajstić information content (AvgIpc) is 2.89. The molecule has 2 N–H and O–H groups in total. The van der Waals surface area contributed by atoms with Crippen LogP contribution in [0.4, 0.5) is 0 Å². The number of aryl methyl sites for hydroxylation is 2. The fraction of sp³-hybridized carbons (Fsp3) is 0.778. The van der Waals surface area contributed by atoms with Crippen molar-refractivity contribution in [1.29, 1.82) is 0 Å². The standard InChI is InChI=1S/C18H32N4O/c1-13-17(14(2)21-20-13)11-8-12-19-18(23)15(3)22(4)16-9-6-5-7-10-16/h15-16H,5-12H2,1-4H3,(H,19,23)(H,20,21). The van der Waals surface area contributed by atoms with E-state index in [2.05, 4.69) is 34.4 Å². The van der Waals surface area contributed by atoms with Crippen LogP contribution in [0.25, 0.3) is 0 Å². The van der Waals surface area contributed by atoms with Crippen LogP contribution in [0.3, 0.4) is 0 Å². The molecule has 0 radical (unpaired) electrons. The van der Waals surface area contributed by atoms with Crippen LogP contribution in [0.15, 0.2) is 0 Å². The highest BCUT2D eigenvalue weighted by Gasteiger charge is 2.25. The van der Waals surface area contributed by atoms with E-state index in [9.17, 15) is 4.79 Å². The Morgan fingerprint density at radius 3 is 2.65 bits per heavy atom. The van der Waals surface area contributed by atoms with E-state index in [-0.39, 0.29) is 11.9 Å². The van der Waals surface area contributed by atoms with Gasteiger partial charge in [0.2, 0.25) is 5.91 Å². The summed E-state index contributed by atoms with van der Waals surface area (Å²) in [5.41, 5.74) is 3.49. The summed E-state index contributed by atoms with van der Waals surface area (Å²) < 4.78 is 0. The van der Waals surface area contributed by atoms with Crippen molar-refractivity contribution in [3.63, 3.8) is 0 Å². The number of carbonyl (C=O) groups excluding carboxylic acids is 1. The first kappa shape index (κ1) is 18.0. The Labute approximate surface area is 140 Å². The molecule has 1 aliphatic carbocycles. The van der Waals surface area contributed by atoms with Gasteiger partial charge in [-0.05, 0) is 59.1 Å². The summed E-state index contributed by atoms with van der Waals surface area (Å²) in [6.45, 7) is 6.83. The first-order valence-electron chi connectivity index (χ1n) is 9.00. The van der Waals surface area contributed by atoms with Crippen LogP contribution in [-0.4, -0.2) is 46.7 Å². The molecule has 0 spiro atoms. The molecule has 1 atom stereocenters. The van der Waals surface area contributed by atoms with Gasteiger partial charge in [-0.15, -0.1) is 0 Å². The van der Waals surface area contributed by atoms with Gasteiger partial charge in [-0.3, -0.25) is 14.8 Å². The Balaban J connectivity index is 1.71. The zero-order valence-electron chi connectivity index (χ0n) is 15.1. The Kier molecular flexibility index (Phi) is 6.63. The normalized spacial score (nSPS) is 17.4. The molecule has 1 aromatic heterocycles. The number of aromatic amines is 1. The lowest BCUT2D eigenvalue weighted by Gasteiger charge is -2.34. The topological polar surface area (TPSA) is 61.0 Å². The van der Waals surface area contributed by atoms with Gasteiger partial charge in [0.25, 0.3) is 0 Å². The molecular formula is C18H32N4O. The second-order valence-electron chi connectivity index (χ2n) is 6.94. The summed E-state index contributed by atoms with van der Waals surface area (Å²) in [6, 6.07) is 0.524. The molecule has 23 heavy (non-hydrogen) atoms. The van der Waals surface area contributed by atoms with E-state index in [1.165, 1.54) is 37.7 Å². The monoisotopic (exact) mass is 320 g/mol. The van der Waals surface area contributed by atoms with Crippen molar-refractivity contribution in [3.05, 3.63) is 17.0 Å². The zero-order chi connectivity index (χ0) is 16.8. The Bertz CT molecular complexity index is 486. The van der Waals surface area contributed by atoms with Crippen LogP contribution in [0.2, 0.25) is 0 Å². The number of rotatable bonds is 7. The molecule has 0 saturated heterocycles. The van der Waals surface area contributed by atoms with Crippen molar-refractivity contribution >= 4 is 5.91 Å². The smallest absolute Gasteiger partial charge is 0.237 e. The Morgan fingerprint density at radius 1 is 1.35 bits per heavy atom. The zero-order valence-corrected chi connectivity index (χ0v) is 15.1. The lowest BCUT2D eigenvalue weighted by atomic mass is 9.93. The van der Waals surface area contributed by atoms with Crippen molar-refractivity contribution in [3.8, 4) is 0 Å². The van der Waals surface area contributed by atoms with E-state index in [1.807, 2.05) is 13.8 Å². The van der Waals surface area contributed by atoms with E-state index in [0.29, 0.717) is 6.04 Å². The summed E-state index contributed by atoms with van der Waals surface area (Å²) in [7, 11) is 2.10. The fourth-order valence-corrected chi connectivity index (χ4v) is 3.56. The number of amides is 1. The third-order valence-corrected chi connectivity index (χ3v) is 5.32. The molecule has 0 bridgehead atoms. The minimum Gasteiger partial charge on any atom is -0.355 e. The van der Waals surface area contributed by atoms with Crippen molar-refractivity contribution in [2.24, 2.45) is 0 Å². The van der Waals surface area contributed by atoms with Crippen molar-refractivity contribution in [2.45, 2.75) is 77.8 Å². The van der Waals surface area contributed by atoms with Gasteiger partial charge in [0, 0.05) is 18.3 Å². The van der Waals surface area contributed by atoms with Gasteiger partial charge in [-0.2, -0.15) is 5.10 Å². The highest BCUT2D eigenvalue weighted by atomic mass is 16.2. The molecule has 2 rings (SSSR count). The maximum atomic E-state index is 12.4. The predicted octanol–water partition coefficient (Wildman–Crippen LogP) is 2.73. The molecule has 1 amide bonds. The number of hydrogen-bond donors (Lipinski definition) is 2. The Morgan fingerprint density at radius 2 is 2.04 bits per heavy atom. The quantitative estimate of drug-likeness (QED) is 0.759. The second kappa shape index (κ2) is 8.48. The van der Waals surface area contributed by atoms with Gasteiger partial charge >= 0.3 is 0 Å².